The Balaban J connectivity index is 1.34. The average molecular weight is 509 g/mol. The van der Waals surface area contributed by atoms with Gasteiger partial charge in [-0.15, -0.1) is 11.3 Å². The maximum Gasteiger partial charge on any atom is 0.225 e. The van der Waals surface area contributed by atoms with Crippen LogP contribution in [0.3, 0.4) is 0 Å². The second kappa shape index (κ2) is 9.60. The number of rotatable bonds is 6. The average Bonchev–Trinajstić information content (AvgIpc) is 3.32. The fraction of sp³-hybridized carbons (Fsp3) is 0.360. The number of hydrogen-bond acceptors (Lipinski definition) is 9. The van der Waals surface area contributed by atoms with Gasteiger partial charge in [-0.05, 0) is 48.4 Å². The van der Waals surface area contributed by atoms with E-state index in [9.17, 15) is 8.42 Å². The lowest BCUT2D eigenvalue weighted by Gasteiger charge is -2.34. The molecule has 4 aromatic rings. The van der Waals surface area contributed by atoms with Gasteiger partial charge < -0.3 is 10.6 Å². The monoisotopic (exact) mass is 508 g/mol. The number of nitrogens with two attached hydrogens (primary N) is 1. The van der Waals surface area contributed by atoms with Crippen LogP contribution >= 0.6 is 11.3 Å². The van der Waals surface area contributed by atoms with Gasteiger partial charge in [-0.25, -0.2) is 28.4 Å². The lowest BCUT2D eigenvalue weighted by atomic mass is 9.88. The van der Waals surface area contributed by atoms with E-state index in [1.54, 1.807) is 29.8 Å². The molecule has 3 aromatic heterocycles. The maximum absolute atomic E-state index is 11.8. The molecule has 1 fully saturated rings. The van der Waals surface area contributed by atoms with Crippen molar-refractivity contribution in [3.63, 3.8) is 0 Å². The van der Waals surface area contributed by atoms with E-state index in [-0.39, 0.29) is 6.04 Å². The van der Waals surface area contributed by atoms with Crippen LogP contribution in [0.15, 0.2) is 53.3 Å². The van der Waals surface area contributed by atoms with Crippen molar-refractivity contribution in [1.82, 2.24) is 19.9 Å². The maximum atomic E-state index is 11.8. The minimum absolute atomic E-state index is 0.190. The van der Waals surface area contributed by atoms with Crippen LogP contribution < -0.4 is 10.6 Å². The number of sulfone groups is 1. The number of benzene rings is 1. The molecule has 8 nitrogen and oxygen atoms in total. The molecule has 1 aromatic carbocycles. The minimum atomic E-state index is -3.24. The minimum Gasteiger partial charge on any atom is -0.341 e. The van der Waals surface area contributed by atoms with Gasteiger partial charge in [0.2, 0.25) is 5.95 Å². The molecule has 2 N–H and O–H groups in total. The van der Waals surface area contributed by atoms with Crippen LogP contribution in [0.2, 0.25) is 0 Å². The molecule has 182 valence electrons. The highest BCUT2D eigenvalue weighted by Crippen LogP contribution is 2.38. The summed E-state index contributed by atoms with van der Waals surface area (Å²) < 4.78 is 24.6. The lowest BCUT2D eigenvalue weighted by Crippen LogP contribution is -2.38. The van der Waals surface area contributed by atoms with Crippen molar-refractivity contribution in [1.29, 1.82) is 0 Å². The zero-order valence-corrected chi connectivity index (χ0v) is 21.4. The molecule has 0 spiro atoms. The molecule has 10 heteroatoms. The molecule has 0 aliphatic carbocycles. The van der Waals surface area contributed by atoms with Crippen LogP contribution in [0.5, 0.6) is 0 Å². The first-order chi connectivity index (χ1) is 16.8. The van der Waals surface area contributed by atoms with Crippen LogP contribution in [-0.2, 0) is 16.3 Å². The van der Waals surface area contributed by atoms with Crippen molar-refractivity contribution >= 4 is 37.3 Å². The van der Waals surface area contributed by atoms with Gasteiger partial charge in [0.25, 0.3) is 0 Å². The van der Waals surface area contributed by atoms with Crippen molar-refractivity contribution < 1.29 is 8.42 Å². The number of thiophene rings is 1. The fourth-order valence-corrected chi connectivity index (χ4v) is 6.27. The standard InChI is InChI=1S/C25H28N6O2S2/c1-3-16-12-27-25(28-13-16)31-10-8-18(9-11-31)21(26)23-24-22(29-15-30-23)20(14-34-24)17-4-6-19(7-5-17)35(2,32)33/h4-7,12-15,18,21H,3,8-11,26H2,1-2H3. The van der Waals surface area contributed by atoms with Crippen LogP contribution in [-0.4, -0.2) is 47.7 Å². The number of piperidine rings is 1. The Kier molecular flexibility index (Phi) is 6.52. The van der Waals surface area contributed by atoms with Gasteiger partial charge in [0, 0.05) is 42.7 Å². The van der Waals surface area contributed by atoms with Crippen molar-refractivity contribution in [2.24, 2.45) is 11.7 Å². The van der Waals surface area contributed by atoms with Gasteiger partial charge in [-0.2, -0.15) is 0 Å². The fourth-order valence-electron chi connectivity index (χ4n) is 4.57. The van der Waals surface area contributed by atoms with Gasteiger partial charge in [-0.3, -0.25) is 0 Å². The normalized spacial score (nSPS) is 16.0. The molecule has 1 saturated heterocycles. The van der Waals surface area contributed by atoms with E-state index in [1.807, 2.05) is 29.9 Å². The van der Waals surface area contributed by atoms with E-state index in [1.165, 1.54) is 6.26 Å². The lowest BCUT2D eigenvalue weighted by molar-refractivity contribution is 0.340. The second-order valence-electron chi connectivity index (χ2n) is 8.98. The summed E-state index contributed by atoms with van der Waals surface area (Å²) in [5, 5.41) is 2.05. The first-order valence-electron chi connectivity index (χ1n) is 11.7. The molecule has 5 rings (SSSR count). The van der Waals surface area contributed by atoms with E-state index in [0.29, 0.717) is 10.8 Å². The topological polar surface area (TPSA) is 115 Å². The first kappa shape index (κ1) is 23.8. The molecule has 0 amide bonds. The molecule has 4 heterocycles. The van der Waals surface area contributed by atoms with E-state index in [2.05, 4.69) is 31.8 Å². The van der Waals surface area contributed by atoms with Gasteiger partial charge in [0.15, 0.2) is 9.84 Å². The Labute approximate surface area is 209 Å². The van der Waals surface area contributed by atoms with Gasteiger partial charge in [0.05, 0.1) is 26.8 Å². The molecule has 1 atom stereocenters. The zero-order chi connectivity index (χ0) is 24.6. The quantitative estimate of drug-likeness (QED) is 0.415. The Morgan fingerprint density at radius 2 is 1.77 bits per heavy atom. The molecule has 0 bridgehead atoms. The zero-order valence-electron chi connectivity index (χ0n) is 19.8. The van der Waals surface area contributed by atoms with Crippen molar-refractivity contribution in [3.8, 4) is 11.1 Å². The highest BCUT2D eigenvalue weighted by atomic mass is 32.2. The van der Waals surface area contributed by atoms with Crippen molar-refractivity contribution in [2.45, 2.75) is 37.1 Å². The first-order valence-corrected chi connectivity index (χ1v) is 14.5. The molecule has 1 aliphatic rings. The summed E-state index contributed by atoms with van der Waals surface area (Å²) in [5.74, 6) is 1.09. The molecule has 35 heavy (non-hydrogen) atoms. The Morgan fingerprint density at radius 1 is 1.09 bits per heavy atom. The molecule has 0 saturated carbocycles. The van der Waals surface area contributed by atoms with Crippen LogP contribution in [0.25, 0.3) is 21.3 Å². The second-order valence-corrected chi connectivity index (χ2v) is 11.9. The summed E-state index contributed by atoms with van der Waals surface area (Å²) in [4.78, 5) is 20.7. The number of hydrogen-bond donors (Lipinski definition) is 1. The summed E-state index contributed by atoms with van der Waals surface area (Å²) in [6, 6.07) is 6.73. The van der Waals surface area contributed by atoms with E-state index in [0.717, 1.165) is 70.9 Å². The van der Waals surface area contributed by atoms with Crippen molar-refractivity contribution in [3.05, 3.63) is 59.6 Å². The number of aromatic nitrogens is 4. The van der Waals surface area contributed by atoms with Gasteiger partial charge in [-0.1, -0.05) is 19.1 Å². The molecular weight excluding hydrogens is 480 g/mol. The SMILES string of the molecule is CCc1cnc(N2CCC(C(N)c3ncnc4c(-c5ccc(S(C)(=O)=O)cc5)csc34)CC2)nc1. The number of nitrogens with zero attached hydrogens (tertiary/aromatic N) is 5. The largest absolute Gasteiger partial charge is 0.341 e. The smallest absolute Gasteiger partial charge is 0.225 e. The van der Waals surface area contributed by atoms with Crippen LogP contribution in [0.4, 0.5) is 5.95 Å². The molecule has 0 radical (unpaired) electrons. The van der Waals surface area contributed by atoms with E-state index in [4.69, 9.17) is 5.73 Å². The third-order valence-corrected chi connectivity index (χ3v) is 8.84. The number of fused-ring (bicyclic) bond motifs is 1. The van der Waals surface area contributed by atoms with Crippen LogP contribution in [0, 0.1) is 5.92 Å². The van der Waals surface area contributed by atoms with E-state index < -0.39 is 9.84 Å². The predicted octanol–water partition coefficient (Wildman–Crippen LogP) is 4.03. The number of aryl methyl sites for hydroxylation is 1. The van der Waals surface area contributed by atoms with Gasteiger partial charge >= 0.3 is 0 Å². The molecule has 1 aliphatic heterocycles. The summed E-state index contributed by atoms with van der Waals surface area (Å²) in [7, 11) is -3.24. The third-order valence-electron chi connectivity index (χ3n) is 6.72. The third kappa shape index (κ3) is 4.78. The predicted molar refractivity (Wildman–Crippen MR) is 139 cm³/mol. The van der Waals surface area contributed by atoms with E-state index >= 15 is 0 Å². The molecular formula is C25H28N6O2S2. The summed E-state index contributed by atoms with van der Waals surface area (Å²) >= 11 is 1.58. The summed E-state index contributed by atoms with van der Waals surface area (Å²) in [5.41, 5.74) is 11.5. The van der Waals surface area contributed by atoms with Crippen LogP contribution in [0.1, 0.15) is 37.1 Å². The number of anilines is 1. The van der Waals surface area contributed by atoms with Gasteiger partial charge in [0.1, 0.15) is 6.33 Å². The Bertz CT molecular complexity index is 1430. The Hall–Kier alpha value is -2.95. The highest BCUT2D eigenvalue weighted by molar-refractivity contribution is 7.90. The Morgan fingerprint density at radius 3 is 2.40 bits per heavy atom. The summed E-state index contributed by atoms with van der Waals surface area (Å²) in [6.45, 7) is 3.82. The van der Waals surface area contributed by atoms with Crippen molar-refractivity contribution in [2.75, 3.05) is 24.2 Å². The summed E-state index contributed by atoms with van der Waals surface area (Å²) in [6.07, 6.45) is 9.41. The highest BCUT2D eigenvalue weighted by Gasteiger charge is 2.29. The molecule has 1 unspecified atom stereocenters.